The number of carboxylic acid groups (broad SMARTS) is 1. The van der Waals surface area contributed by atoms with Crippen LogP contribution in [-0.2, 0) is 19.1 Å². The van der Waals surface area contributed by atoms with E-state index in [1.807, 2.05) is 0 Å². The average molecular weight is 216 g/mol. The number of carbonyl (C=O) groups is 2. The monoisotopic (exact) mass is 216 g/mol. The van der Waals surface area contributed by atoms with Crippen molar-refractivity contribution in [2.75, 3.05) is 6.61 Å². The molecule has 2 aliphatic rings. The molecule has 0 amide bonds. The molecule has 84 valence electrons. The smallest absolute Gasteiger partial charge is 0.311 e. The van der Waals surface area contributed by atoms with Gasteiger partial charge >= 0.3 is 11.9 Å². The van der Waals surface area contributed by atoms with Crippen molar-refractivity contribution < 1.29 is 29.3 Å². The SMILES string of the molecule is O=C(O)C[C@@H]1CCO[C@H]2OC(=O)C[C@]12O. The first kappa shape index (κ1) is 10.4. The highest BCUT2D eigenvalue weighted by atomic mass is 16.7. The van der Waals surface area contributed by atoms with Gasteiger partial charge in [-0.3, -0.25) is 9.59 Å². The second kappa shape index (κ2) is 3.46. The maximum Gasteiger partial charge on any atom is 0.311 e. The Bertz CT molecular complexity index is 301. The maximum absolute atomic E-state index is 11.0. The zero-order valence-corrected chi connectivity index (χ0v) is 8.01. The Morgan fingerprint density at radius 2 is 2.33 bits per heavy atom. The molecule has 6 nitrogen and oxygen atoms in total. The number of carbonyl (C=O) groups excluding carboxylic acids is 1. The van der Waals surface area contributed by atoms with Crippen molar-refractivity contribution in [3.05, 3.63) is 0 Å². The van der Waals surface area contributed by atoms with E-state index < -0.39 is 29.7 Å². The predicted molar refractivity (Wildman–Crippen MR) is 45.8 cm³/mol. The zero-order valence-electron chi connectivity index (χ0n) is 8.01. The van der Waals surface area contributed by atoms with E-state index >= 15 is 0 Å². The van der Waals surface area contributed by atoms with E-state index in [4.69, 9.17) is 14.6 Å². The van der Waals surface area contributed by atoms with E-state index in [1.165, 1.54) is 0 Å². The molecule has 0 bridgehead atoms. The molecule has 2 aliphatic heterocycles. The van der Waals surface area contributed by atoms with Gasteiger partial charge in [0.15, 0.2) is 0 Å². The topological polar surface area (TPSA) is 93.1 Å². The van der Waals surface area contributed by atoms with Gasteiger partial charge in [0.05, 0.1) is 19.4 Å². The summed E-state index contributed by atoms with van der Waals surface area (Å²) in [6, 6.07) is 0. The molecule has 0 aromatic carbocycles. The largest absolute Gasteiger partial charge is 0.481 e. The molecule has 6 heteroatoms. The highest BCUT2D eigenvalue weighted by molar-refractivity contribution is 5.74. The molecular formula is C9H12O6. The molecule has 2 heterocycles. The summed E-state index contributed by atoms with van der Waals surface area (Å²) in [6.07, 6.45) is -0.929. The fourth-order valence-electron chi connectivity index (χ4n) is 2.15. The Morgan fingerprint density at radius 1 is 1.60 bits per heavy atom. The predicted octanol–water partition coefficient (Wildman–Crippen LogP) is -0.498. The highest BCUT2D eigenvalue weighted by Gasteiger charge is 2.56. The molecule has 0 aliphatic carbocycles. The van der Waals surface area contributed by atoms with Crippen LogP contribution in [0, 0.1) is 5.92 Å². The summed E-state index contributed by atoms with van der Waals surface area (Å²) >= 11 is 0. The third-order valence-electron chi connectivity index (χ3n) is 2.94. The van der Waals surface area contributed by atoms with Crippen LogP contribution < -0.4 is 0 Å². The van der Waals surface area contributed by atoms with Crippen molar-refractivity contribution >= 4 is 11.9 Å². The van der Waals surface area contributed by atoms with Crippen molar-refractivity contribution in [1.29, 1.82) is 0 Å². The third kappa shape index (κ3) is 1.70. The minimum absolute atomic E-state index is 0.174. The van der Waals surface area contributed by atoms with Gasteiger partial charge in [-0.15, -0.1) is 0 Å². The Kier molecular flexibility index (Phi) is 2.40. The normalized spacial score (nSPS) is 39.7. The number of esters is 1. The number of ether oxygens (including phenoxy) is 2. The number of hydrogen-bond acceptors (Lipinski definition) is 5. The van der Waals surface area contributed by atoms with E-state index in [2.05, 4.69) is 0 Å². The molecule has 0 unspecified atom stereocenters. The first-order chi connectivity index (χ1) is 7.02. The summed E-state index contributed by atoms with van der Waals surface area (Å²) in [7, 11) is 0. The minimum atomic E-state index is -1.46. The molecule has 2 saturated heterocycles. The van der Waals surface area contributed by atoms with Crippen molar-refractivity contribution in [2.24, 2.45) is 5.92 Å². The standard InChI is InChI=1S/C9H12O6/c10-6(11)3-5-1-2-14-8-9(5,13)4-7(12)15-8/h5,8,13H,1-4H2,(H,10,11)/t5-,8-,9-/m0/s1. The molecule has 3 atom stereocenters. The Labute approximate surface area is 85.8 Å². The lowest BCUT2D eigenvalue weighted by Crippen LogP contribution is -2.51. The van der Waals surface area contributed by atoms with E-state index in [9.17, 15) is 14.7 Å². The molecule has 0 radical (unpaired) electrons. The fraction of sp³-hybridized carbons (Fsp3) is 0.778. The number of rotatable bonds is 2. The number of carboxylic acids is 1. The van der Waals surface area contributed by atoms with Crippen LogP contribution in [0.15, 0.2) is 0 Å². The van der Waals surface area contributed by atoms with Gasteiger partial charge in [0, 0.05) is 5.92 Å². The molecule has 0 aromatic rings. The van der Waals surface area contributed by atoms with Crippen LogP contribution in [0.3, 0.4) is 0 Å². The van der Waals surface area contributed by atoms with Gasteiger partial charge in [0.25, 0.3) is 0 Å². The first-order valence-electron chi connectivity index (χ1n) is 4.77. The molecule has 15 heavy (non-hydrogen) atoms. The van der Waals surface area contributed by atoms with Gasteiger partial charge < -0.3 is 19.7 Å². The van der Waals surface area contributed by atoms with Crippen LogP contribution in [-0.4, -0.2) is 40.6 Å². The zero-order chi connectivity index (χ0) is 11.1. The number of fused-ring (bicyclic) bond motifs is 1. The van der Waals surface area contributed by atoms with E-state index in [-0.39, 0.29) is 12.8 Å². The summed E-state index contributed by atoms with van der Waals surface area (Å²) in [5.41, 5.74) is -1.46. The lowest BCUT2D eigenvalue weighted by atomic mass is 9.79. The second-order valence-corrected chi connectivity index (χ2v) is 3.94. The molecule has 2 N–H and O–H groups in total. The quantitative estimate of drug-likeness (QED) is 0.604. The molecule has 0 spiro atoms. The number of aliphatic carboxylic acids is 1. The Morgan fingerprint density at radius 3 is 3.00 bits per heavy atom. The summed E-state index contributed by atoms with van der Waals surface area (Å²) in [5.74, 6) is -2.02. The van der Waals surface area contributed by atoms with Crippen molar-refractivity contribution in [1.82, 2.24) is 0 Å². The number of aliphatic hydroxyl groups is 1. The average Bonchev–Trinajstić information content (AvgIpc) is 2.41. The van der Waals surface area contributed by atoms with Gasteiger partial charge in [-0.25, -0.2) is 0 Å². The van der Waals surface area contributed by atoms with Crippen molar-refractivity contribution in [3.63, 3.8) is 0 Å². The summed E-state index contributed by atoms with van der Waals surface area (Å²) in [5, 5.41) is 18.8. The lowest BCUT2D eigenvalue weighted by molar-refractivity contribution is -0.237. The van der Waals surface area contributed by atoms with Gasteiger partial charge in [-0.1, -0.05) is 0 Å². The van der Waals surface area contributed by atoms with Gasteiger partial charge in [-0.05, 0) is 6.42 Å². The summed E-state index contributed by atoms with van der Waals surface area (Å²) in [6.45, 7) is 0.304. The van der Waals surface area contributed by atoms with E-state index in [0.717, 1.165) is 0 Å². The third-order valence-corrected chi connectivity index (χ3v) is 2.94. The molecule has 0 saturated carbocycles. The fourth-order valence-corrected chi connectivity index (χ4v) is 2.15. The van der Waals surface area contributed by atoms with Gasteiger partial charge in [-0.2, -0.15) is 0 Å². The van der Waals surface area contributed by atoms with Crippen molar-refractivity contribution in [2.45, 2.75) is 31.2 Å². The molecule has 2 fully saturated rings. The van der Waals surface area contributed by atoms with Gasteiger partial charge in [0.2, 0.25) is 6.29 Å². The lowest BCUT2D eigenvalue weighted by Gasteiger charge is -2.38. The molecule has 2 rings (SSSR count). The van der Waals surface area contributed by atoms with Crippen LogP contribution in [0.5, 0.6) is 0 Å². The molecule has 0 aromatic heterocycles. The van der Waals surface area contributed by atoms with Crippen LogP contribution in [0.4, 0.5) is 0 Å². The summed E-state index contributed by atoms with van der Waals surface area (Å²) in [4.78, 5) is 21.6. The van der Waals surface area contributed by atoms with Crippen LogP contribution in [0.25, 0.3) is 0 Å². The molecular weight excluding hydrogens is 204 g/mol. The van der Waals surface area contributed by atoms with E-state index in [0.29, 0.717) is 13.0 Å². The van der Waals surface area contributed by atoms with E-state index in [1.54, 1.807) is 0 Å². The van der Waals surface area contributed by atoms with Crippen LogP contribution in [0.1, 0.15) is 19.3 Å². The Balaban J connectivity index is 2.17. The van der Waals surface area contributed by atoms with Crippen LogP contribution >= 0.6 is 0 Å². The second-order valence-electron chi connectivity index (χ2n) is 3.94. The minimum Gasteiger partial charge on any atom is -0.481 e. The number of hydrogen-bond donors (Lipinski definition) is 2. The van der Waals surface area contributed by atoms with Crippen molar-refractivity contribution in [3.8, 4) is 0 Å². The Hall–Kier alpha value is -1.14. The van der Waals surface area contributed by atoms with Gasteiger partial charge in [0.1, 0.15) is 5.60 Å². The highest BCUT2D eigenvalue weighted by Crippen LogP contribution is 2.41. The first-order valence-corrected chi connectivity index (χ1v) is 4.77. The summed E-state index contributed by atoms with van der Waals surface area (Å²) < 4.78 is 9.88. The van der Waals surface area contributed by atoms with Crippen LogP contribution in [0.2, 0.25) is 0 Å². The maximum atomic E-state index is 11.0.